The van der Waals surface area contributed by atoms with E-state index in [2.05, 4.69) is 4.98 Å². The fourth-order valence-electron chi connectivity index (χ4n) is 1.33. The number of Topliss-reactive ketones (excluding diaryl/α,β-unsaturated/α-hetero) is 1. The van der Waals surface area contributed by atoms with Crippen LogP contribution in [-0.4, -0.2) is 16.9 Å². The van der Waals surface area contributed by atoms with Crippen LogP contribution in [0.5, 0.6) is 0 Å². The summed E-state index contributed by atoms with van der Waals surface area (Å²) in [6.07, 6.45) is -4.26. The smallest absolute Gasteiger partial charge is 0.299 e. The molecule has 0 aliphatic heterocycles. The molecule has 0 amide bonds. The molecule has 1 aromatic rings. The first kappa shape index (κ1) is 14.0. The van der Waals surface area contributed by atoms with Gasteiger partial charge in [-0.25, -0.2) is 0 Å². The van der Waals surface area contributed by atoms with Gasteiger partial charge in [0.25, 0.3) is 0 Å². The van der Waals surface area contributed by atoms with E-state index in [4.69, 9.17) is 11.6 Å². The van der Waals surface area contributed by atoms with E-state index in [1.54, 1.807) is 6.92 Å². The molecule has 0 fully saturated rings. The van der Waals surface area contributed by atoms with Crippen LogP contribution in [0.4, 0.5) is 13.2 Å². The van der Waals surface area contributed by atoms with E-state index in [1.165, 1.54) is 13.0 Å². The lowest BCUT2D eigenvalue weighted by molar-refractivity contribution is -0.127. The van der Waals surface area contributed by atoms with Crippen LogP contribution < -0.4 is 0 Å². The van der Waals surface area contributed by atoms with E-state index in [9.17, 15) is 18.0 Å². The monoisotopic (exact) mass is 265 g/mol. The second-order valence-electron chi connectivity index (χ2n) is 3.83. The number of halogens is 4. The van der Waals surface area contributed by atoms with Gasteiger partial charge in [0.1, 0.15) is 5.78 Å². The van der Waals surface area contributed by atoms with Gasteiger partial charge in [-0.1, -0.05) is 11.6 Å². The van der Waals surface area contributed by atoms with E-state index >= 15 is 0 Å². The minimum Gasteiger partial charge on any atom is -0.299 e. The largest absolute Gasteiger partial charge is 0.393 e. The fourth-order valence-corrected chi connectivity index (χ4v) is 1.68. The number of aromatic nitrogens is 1. The van der Waals surface area contributed by atoms with Crippen molar-refractivity contribution < 1.29 is 18.0 Å². The second-order valence-corrected chi connectivity index (χ2v) is 4.24. The van der Waals surface area contributed by atoms with Crippen LogP contribution in [0.2, 0.25) is 5.02 Å². The lowest BCUT2D eigenvalue weighted by atomic mass is 10.0. The Morgan fingerprint density at radius 2 is 2.12 bits per heavy atom. The molecule has 0 bridgehead atoms. The van der Waals surface area contributed by atoms with Gasteiger partial charge >= 0.3 is 6.18 Å². The van der Waals surface area contributed by atoms with Gasteiger partial charge in [0.05, 0.1) is 23.1 Å². The van der Waals surface area contributed by atoms with Gasteiger partial charge in [-0.15, -0.1) is 0 Å². The molecule has 0 N–H and O–H groups in total. The molecule has 1 atom stereocenters. The SMILES string of the molecule is CC(=O)C(C)c1ncc(CC(F)(F)F)cc1Cl. The zero-order valence-electron chi connectivity index (χ0n) is 9.31. The molecular weight excluding hydrogens is 255 g/mol. The number of rotatable bonds is 3. The van der Waals surface area contributed by atoms with E-state index in [0.29, 0.717) is 5.69 Å². The number of carbonyl (C=O) groups is 1. The van der Waals surface area contributed by atoms with Crippen LogP contribution in [0.25, 0.3) is 0 Å². The highest BCUT2D eigenvalue weighted by molar-refractivity contribution is 6.31. The summed E-state index contributed by atoms with van der Waals surface area (Å²) in [6.45, 7) is 2.99. The third-order valence-corrected chi connectivity index (χ3v) is 2.65. The number of nitrogens with zero attached hydrogens (tertiary/aromatic N) is 1. The Hall–Kier alpha value is -1.10. The Morgan fingerprint density at radius 1 is 1.53 bits per heavy atom. The molecule has 0 saturated carbocycles. The molecule has 1 aromatic heterocycles. The first-order valence-electron chi connectivity index (χ1n) is 4.92. The van der Waals surface area contributed by atoms with Crippen LogP contribution >= 0.6 is 11.6 Å². The summed E-state index contributed by atoms with van der Waals surface area (Å²) in [7, 11) is 0. The molecule has 0 radical (unpaired) electrons. The summed E-state index contributed by atoms with van der Waals surface area (Å²) in [5.41, 5.74) is 0.298. The first-order valence-corrected chi connectivity index (χ1v) is 5.30. The molecule has 0 aliphatic rings. The van der Waals surface area contributed by atoms with Gasteiger partial charge in [-0.3, -0.25) is 9.78 Å². The summed E-state index contributed by atoms with van der Waals surface area (Å²) in [5.74, 6) is -0.648. The Bertz CT molecular complexity index is 431. The van der Waals surface area contributed by atoms with E-state index in [0.717, 1.165) is 6.20 Å². The molecule has 1 heterocycles. The number of alkyl halides is 3. The Kier molecular flexibility index (Phi) is 4.14. The zero-order chi connectivity index (χ0) is 13.2. The molecule has 2 nitrogen and oxygen atoms in total. The quantitative estimate of drug-likeness (QED) is 0.837. The zero-order valence-corrected chi connectivity index (χ0v) is 10.1. The van der Waals surface area contributed by atoms with Crippen molar-refractivity contribution in [3.63, 3.8) is 0 Å². The van der Waals surface area contributed by atoms with Crippen LogP contribution in [0.1, 0.15) is 31.0 Å². The molecule has 0 saturated heterocycles. The van der Waals surface area contributed by atoms with Crippen molar-refractivity contribution in [2.45, 2.75) is 32.4 Å². The summed E-state index contributed by atoms with van der Waals surface area (Å²) in [6, 6.07) is 1.21. The lowest BCUT2D eigenvalue weighted by Crippen LogP contribution is -2.13. The van der Waals surface area contributed by atoms with Crippen molar-refractivity contribution >= 4 is 17.4 Å². The number of hydrogen-bond donors (Lipinski definition) is 0. The van der Waals surface area contributed by atoms with Gasteiger partial charge in [-0.05, 0) is 25.5 Å². The maximum absolute atomic E-state index is 12.1. The Labute approximate surface area is 102 Å². The average Bonchev–Trinajstić information content (AvgIpc) is 2.14. The summed E-state index contributed by atoms with van der Waals surface area (Å²) < 4.78 is 36.4. The van der Waals surface area contributed by atoms with Gasteiger partial charge in [0.15, 0.2) is 0 Å². The standard InChI is InChI=1S/C11H11ClF3NO/c1-6(7(2)17)10-9(12)3-8(5-16-10)4-11(13,14)15/h3,5-6H,4H2,1-2H3. The fraction of sp³-hybridized carbons (Fsp3) is 0.455. The number of pyridine rings is 1. The molecule has 94 valence electrons. The Morgan fingerprint density at radius 3 is 2.53 bits per heavy atom. The lowest BCUT2D eigenvalue weighted by Gasteiger charge is -2.11. The maximum Gasteiger partial charge on any atom is 0.393 e. The van der Waals surface area contributed by atoms with Crippen molar-refractivity contribution in [1.29, 1.82) is 0 Å². The molecule has 1 rings (SSSR count). The highest BCUT2D eigenvalue weighted by atomic mass is 35.5. The Balaban J connectivity index is 2.98. The predicted molar refractivity (Wildman–Crippen MR) is 58.1 cm³/mol. The summed E-state index contributed by atoms with van der Waals surface area (Å²) in [4.78, 5) is 15.0. The van der Waals surface area contributed by atoms with Crippen molar-refractivity contribution in [2.24, 2.45) is 0 Å². The third-order valence-electron chi connectivity index (χ3n) is 2.35. The third kappa shape index (κ3) is 4.00. The van der Waals surface area contributed by atoms with Crippen LogP contribution in [0.3, 0.4) is 0 Å². The highest BCUT2D eigenvalue weighted by Crippen LogP contribution is 2.27. The van der Waals surface area contributed by atoms with Crippen molar-refractivity contribution in [1.82, 2.24) is 4.98 Å². The first-order chi connectivity index (χ1) is 7.70. The summed E-state index contributed by atoms with van der Waals surface area (Å²) in [5, 5.41) is 0.0921. The van der Waals surface area contributed by atoms with Crippen molar-refractivity contribution in [3.05, 3.63) is 28.5 Å². The van der Waals surface area contributed by atoms with E-state index in [-0.39, 0.29) is 16.4 Å². The number of ketones is 1. The van der Waals surface area contributed by atoms with Crippen LogP contribution in [0, 0.1) is 0 Å². The minimum atomic E-state index is -4.29. The van der Waals surface area contributed by atoms with Crippen LogP contribution in [-0.2, 0) is 11.2 Å². The predicted octanol–water partition coefficient (Wildman–Crippen LogP) is 3.53. The molecule has 17 heavy (non-hydrogen) atoms. The van der Waals surface area contributed by atoms with Gasteiger partial charge in [0, 0.05) is 6.20 Å². The van der Waals surface area contributed by atoms with E-state index < -0.39 is 18.5 Å². The van der Waals surface area contributed by atoms with Gasteiger partial charge in [-0.2, -0.15) is 13.2 Å². The normalized spacial score (nSPS) is 13.5. The van der Waals surface area contributed by atoms with Gasteiger partial charge < -0.3 is 0 Å². The molecule has 6 heteroatoms. The van der Waals surface area contributed by atoms with Crippen molar-refractivity contribution in [2.75, 3.05) is 0 Å². The number of carbonyl (C=O) groups excluding carboxylic acids is 1. The van der Waals surface area contributed by atoms with Crippen LogP contribution in [0.15, 0.2) is 12.3 Å². The molecule has 0 aromatic carbocycles. The number of hydrogen-bond acceptors (Lipinski definition) is 2. The molecule has 0 aliphatic carbocycles. The second kappa shape index (κ2) is 5.04. The van der Waals surface area contributed by atoms with E-state index in [1.807, 2.05) is 0 Å². The minimum absolute atomic E-state index is 0.0120. The topological polar surface area (TPSA) is 30.0 Å². The molecule has 1 unspecified atom stereocenters. The highest BCUT2D eigenvalue weighted by Gasteiger charge is 2.28. The average molecular weight is 266 g/mol. The van der Waals surface area contributed by atoms with Crippen molar-refractivity contribution in [3.8, 4) is 0 Å². The maximum atomic E-state index is 12.1. The summed E-state index contributed by atoms with van der Waals surface area (Å²) >= 11 is 5.82. The van der Waals surface area contributed by atoms with Gasteiger partial charge in [0.2, 0.25) is 0 Å². The molecular formula is C11H11ClF3NO. The molecule has 0 spiro atoms.